The van der Waals surface area contributed by atoms with Crippen molar-refractivity contribution in [2.45, 2.75) is 44.0 Å². The van der Waals surface area contributed by atoms with Gasteiger partial charge in [0.1, 0.15) is 17.3 Å². The second-order valence-electron chi connectivity index (χ2n) is 7.45. The van der Waals surface area contributed by atoms with Crippen molar-refractivity contribution >= 4 is 16.6 Å². The lowest BCUT2D eigenvalue weighted by Crippen LogP contribution is -2.36. The lowest BCUT2D eigenvalue weighted by molar-refractivity contribution is -0.140. The molecule has 1 saturated carbocycles. The fourth-order valence-electron chi connectivity index (χ4n) is 3.88. The molecule has 3 aromatic rings. The van der Waals surface area contributed by atoms with E-state index in [0.29, 0.717) is 29.1 Å². The van der Waals surface area contributed by atoms with Crippen LogP contribution in [0.4, 0.5) is 23.4 Å². The van der Waals surface area contributed by atoms with Crippen molar-refractivity contribution in [2.24, 2.45) is 0 Å². The average Bonchev–Trinajstić information content (AvgIpc) is 2.74. The first-order valence-electron chi connectivity index (χ1n) is 9.79. The van der Waals surface area contributed by atoms with Gasteiger partial charge in [-0.2, -0.15) is 13.2 Å². The zero-order valence-electron chi connectivity index (χ0n) is 16.6. The number of benzene rings is 1. The summed E-state index contributed by atoms with van der Waals surface area (Å²) in [7, 11) is 1.20. The van der Waals surface area contributed by atoms with Gasteiger partial charge in [-0.15, -0.1) is 10.2 Å². The van der Waals surface area contributed by atoms with Gasteiger partial charge in [0, 0.05) is 28.7 Å². The van der Waals surface area contributed by atoms with E-state index >= 15 is 0 Å². The van der Waals surface area contributed by atoms with E-state index in [2.05, 4.69) is 20.5 Å². The minimum Gasteiger partial charge on any atom is -0.496 e. The van der Waals surface area contributed by atoms with Crippen molar-refractivity contribution in [2.75, 3.05) is 12.4 Å². The van der Waals surface area contributed by atoms with E-state index in [9.17, 15) is 22.7 Å². The third-order valence-corrected chi connectivity index (χ3v) is 5.48. The summed E-state index contributed by atoms with van der Waals surface area (Å²) in [4.78, 5) is 4.10. The number of nitrogens with zero attached hydrogens (tertiary/aromatic N) is 3. The molecule has 2 N–H and O–H groups in total. The number of anilines is 1. The highest BCUT2D eigenvalue weighted by molar-refractivity contribution is 6.00. The van der Waals surface area contributed by atoms with Crippen molar-refractivity contribution in [1.29, 1.82) is 0 Å². The Morgan fingerprint density at radius 3 is 2.61 bits per heavy atom. The molecule has 0 amide bonds. The molecule has 31 heavy (non-hydrogen) atoms. The molecule has 0 radical (unpaired) electrons. The minimum absolute atomic E-state index is 0.0425. The van der Waals surface area contributed by atoms with Gasteiger partial charge in [0.2, 0.25) is 0 Å². The molecule has 2 aromatic heterocycles. The number of methoxy groups -OCH3 is 1. The van der Waals surface area contributed by atoms with Crippen LogP contribution in [0.1, 0.15) is 31.2 Å². The van der Waals surface area contributed by atoms with Crippen LogP contribution in [-0.2, 0) is 6.18 Å². The van der Waals surface area contributed by atoms with Crippen molar-refractivity contribution < 1.29 is 27.4 Å². The quantitative estimate of drug-likeness (QED) is 0.583. The fraction of sp³-hybridized carbons (Fsp3) is 0.381. The van der Waals surface area contributed by atoms with Crippen molar-refractivity contribution in [3.63, 3.8) is 0 Å². The number of ether oxygens (including phenoxy) is 1. The molecule has 1 aliphatic carbocycles. The Labute approximate surface area is 175 Å². The molecule has 1 aliphatic rings. The summed E-state index contributed by atoms with van der Waals surface area (Å²) < 4.78 is 58.7. The molecule has 0 bridgehead atoms. The van der Waals surface area contributed by atoms with Gasteiger partial charge in [-0.1, -0.05) is 12.8 Å². The Morgan fingerprint density at radius 2 is 1.90 bits per heavy atom. The third-order valence-electron chi connectivity index (χ3n) is 5.48. The molecule has 10 heteroatoms. The number of fused-ring (bicyclic) bond motifs is 1. The number of alkyl halides is 3. The normalized spacial score (nSPS) is 19.4. The smallest absolute Gasteiger partial charge is 0.419 e. The van der Waals surface area contributed by atoms with E-state index in [-0.39, 0.29) is 23.0 Å². The van der Waals surface area contributed by atoms with Crippen LogP contribution in [-0.4, -0.2) is 39.5 Å². The van der Waals surface area contributed by atoms with E-state index in [4.69, 9.17) is 4.74 Å². The number of halogens is 4. The molecule has 0 aliphatic heterocycles. The lowest BCUT2D eigenvalue weighted by Gasteiger charge is -2.29. The highest BCUT2D eigenvalue weighted by Gasteiger charge is 2.35. The molecular weight excluding hydrogens is 416 g/mol. The fourth-order valence-corrected chi connectivity index (χ4v) is 3.88. The molecule has 2 heterocycles. The molecule has 164 valence electrons. The number of aliphatic hydroxyl groups is 1. The Bertz CT molecular complexity index is 1110. The number of nitrogens with one attached hydrogen (secondary N) is 1. The molecule has 1 aromatic carbocycles. The average molecular weight is 436 g/mol. The second kappa shape index (κ2) is 8.26. The van der Waals surface area contributed by atoms with Crippen LogP contribution < -0.4 is 10.1 Å². The van der Waals surface area contributed by atoms with E-state index in [1.165, 1.54) is 19.5 Å². The molecule has 6 nitrogen and oxygen atoms in total. The van der Waals surface area contributed by atoms with Crippen LogP contribution in [0.2, 0.25) is 0 Å². The molecule has 2 atom stereocenters. The van der Waals surface area contributed by atoms with Crippen LogP contribution in [0.15, 0.2) is 30.6 Å². The molecular formula is C21H20F4N4O2. The maximum absolute atomic E-state index is 14.3. The summed E-state index contributed by atoms with van der Waals surface area (Å²) in [6.07, 6.45) is 1.03. The van der Waals surface area contributed by atoms with Gasteiger partial charge in [0.15, 0.2) is 5.82 Å². The van der Waals surface area contributed by atoms with Crippen molar-refractivity contribution in [1.82, 2.24) is 15.2 Å². The molecule has 0 unspecified atom stereocenters. The van der Waals surface area contributed by atoms with E-state index in [1.54, 1.807) is 6.07 Å². The Morgan fingerprint density at radius 1 is 1.13 bits per heavy atom. The summed E-state index contributed by atoms with van der Waals surface area (Å²) >= 11 is 0. The Balaban J connectivity index is 1.82. The van der Waals surface area contributed by atoms with Crippen LogP contribution >= 0.6 is 0 Å². The van der Waals surface area contributed by atoms with Gasteiger partial charge in [-0.3, -0.25) is 4.98 Å². The monoisotopic (exact) mass is 436 g/mol. The van der Waals surface area contributed by atoms with Gasteiger partial charge in [-0.25, -0.2) is 4.39 Å². The number of pyridine rings is 1. The maximum Gasteiger partial charge on any atom is 0.419 e. The first-order valence-corrected chi connectivity index (χ1v) is 9.79. The third kappa shape index (κ3) is 4.12. The summed E-state index contributed by atoms with van der Waals surface area (Å²) in [6.45, 7) is 0. The summed E-state index contributed by atoms with van der Waals surface area (Å²) in [6, 6.07) is 2.79. The molecule has 0 saturated heterocycles. The number of rotatable bonds is 4. The standard InChI is InChI=1S/C21H20F4N4O2/c1-31-18-9-14(21(23,24)25)15(22)8-12(18)19-11-6-7-26-10-13(11)20(29-28-19)27-16-4-2-3-5-17(16)30/h6-10,16-17,30H,2-5H2,1H3,(H,27,29)/t16-,17-/m1/s1. The van der Waals surface area contributed by atoms with Gasteiger partial charge < -0.3 is 15.2 Å². The van der Waals surface area contributed by atoms with Crippen LogP contribution in [0, 0.1) is 5.82 Å². The zero-order valence-corrected chi connectivity index (χ0v) is 16.6. The van der Waals surface area contributed by atoms with Gasteiger partial charge in [0.05, 0.1) is 24.8 Å². The first kappa shape index (κ1) is 21.2. The summed E-state index contributed by atoms with van der Waals surface area (Å²) in [5.74, 6) is -1.21. The number of hydrogen-bond donors (Lipinski definition) is 2. The van der Waals surface area contributed by atoms with Gasteiger partial charge >= 0.3 is 6.18 Å². The van der Waals surface area contributed by atoms with Crippen LogP contribution in [0.5, 0.6) is 5.75 Å². The molecule has 1 fully saturated rings. The van der Waals surface area contributed by atoms with E-state index in [0.717, 1.165) is 25.3 Å². The number of aromatic nitrogens is 3. The first-order chi connectivity index (χ1) is 14.8. The number of hydrogen-bond acceptors (Lipinski definition) is 6. The zero-order chi connectivity index (χ0) is 22.2. The summed E-state index contributed by atoms with van der Waals surface area (Å²) in [5.41, 5.74) is -1.21. The minimum atomic E-state index is -4.86. The highest BCUT2D eigenvalue weighted by Crippen LogP contribution is 2.40. The van der Waals surface area contributed by atoms with E-state index < -0.39 is 23.7 Å². The second-order valence-corrected chi connectivity index (χ2v) is 7.45. The van der Waals surface area contributed by atoms with Crippen LogP contribution in [0.3, 0.4) is 0 Å². The highest BCUT2D eigenvalue weighted by atomic mass is 19.4. The Kier molecular flexibility index (Phi) is 5.65. The predicted molar refractivity (Wildman–Crippen MR) is 106 cm³/mol. The number of aliphatic hydroxyl groups excluding tert-OH is 1. The molecule has 4 rings (SSSR count). The van der Waals surface area contributed by atoms with Crippen molar-refractivity contribution in [3.8, 4) is 17.0 Å². The van der Waals surface area contributed by atoms with E-state index in [1.807, 2.05) is 0 Å². The maximum atomic E-state index is 14.3. The van der Waals surface area contributed by atoms with Crippen LogP contribution in [0.25, 0.3) is 22.0 Å². The SMILES string of the molecule is COc1cc(C(F)(F)F)c(F)cc1-c1nnc(N[C@@H]2CCCC[C@H]2O)c2cnccc12. The lowest BCUT2D eigenvalue weighted by atomic mass is 9.92. The van der Waals surface area contributed by atoms with Crippen molar-refractivity contribution in [3.05, 3.63) is 42.0 Å². The summed E-state index contributed by atoms with van der Waals surface area (Å²) in [5, 5.41) is 22.8. The Hall–Kier alpha value is -3.01. The largest absolute Gasteiger partial charge is 0.496 e. The predicted octanol–water partition coefficient (Wildman–Crippen LogP) is 4.57. The topological polar surface area (TPSA) is 80.2 Å². The van der Waals surface area contributed by atoms with Gasteiger partial charge in [-0.05, 0) is 31.0 Å². The van der Waals surface area contributed by atoms with Gasteiger partial charge in [0.25, 0.3) is 0 Å². The molecule has 0 spiro atoms.